The molecule has 84 valence electrons. The molecular weight excluding hydrogens is 220 g/mol. The van der Waals surface area contributed by atoms with Gasteiger partial charge >= 0.3 is 0 Å². The van der Waals surface area contributed by atoms with E-state index in [-0.39, 0.29) is 0 Å². The molecule has 1 aromatic carbocycles. The average molecular weight is 234 g/mol. The lowest BCUT2D eigenvalue weighted by atomic mass is 10.2. The van der Waals surface area contributed by atoms with Crippen molar-refractivity contribution in [1.82, 2.24) is 4.98 Å². The smallest absolute Gasteiger partial charge is 0.140 e. The first-order valence-corrected chi connectivity index (χ1v) is 6.07. The van der Waals surface area contributed by atoms with E-state index in [1.54, 1.807) is 0 Å². The summed E-state index contributed by atoms with van der Waals surface area (Å²) in [5.41, 5.74) is 6.84. The van der Waals surface area contributed by atoms with Gasteiger partial charge in [0.05, 0.1) is 0 Å². The Morgan fingerprint density at radius 3 is 2.62 bits per heavy atom. The van der Waals surface area contributed by atoms with Crippen LogP contribution in [0.5, 0.6) is 5.75 Å². The molecule has 0 radical (unpaired) electrons. The molecule has 16 heavy (non-hydrogen) atoms. The van der Waals surface area contributed by atoms with Crippen molar-refractivity contribution in [3.63, 3.8) is 0 Å². The van der Waals surface area contributed by atoms with Crippen LogP contribution in [0.4, 0.5) is 5.82 Å². The second-order valence-corrected chi connectivity index (χ2v) is 4.39. The van der Waals surface area contributed by atoms with Crippen molar-refractivity contribution >= 4 is 17.2 Å². The Bertz CT molecular complexity index is 450. The van der Waals surface area contributed by atoms with E-state index < -0.39 is 0 Å². The van der Waals surface area contributed by atoms with Crippen molar-refractivity contribution in [2.75, 3.05) is 5.73 Å². The second-order valence-electron chi connectivity index (χ2n) is 3.45. The largest absolute Gasteiger partial charge is 0.486 e. The van der Waals surface area contributed by atoms with Crippen LogP contribution >= 0.6 is 11.3 Å². The van der Waals surface area contributed by atoms with E-state index in [1.807, 2.05) is 17.5 Å². The van der Waals surface area contributed by atoms with Crippen LogP contribution in [0.3, 0.4) is 0 Å². The molecule has 0 saturated carbocycles. The fraction of sp³-hybridized carbons (Fsp3) is 0.250. The van der Waals surface area contributed by atoms with Gasteiger partial charge in [-0.25, -0.2) is 4.98 Å². The molecule has 0 spiro atoms. The molecule has 0 bridgehead atoms. The quantitative estimate of drug-likeness (QED) is 0.885. The zero-order chi connectivity index (χ0) is 11.4. The van der Waals surface area contributed by atoms with Crippen LogP contribution in [0.25, 0.3) is 0 Å². The fourth-order valence-electron chi connectivity index (χ4n) is 1.36. The zero-order valence-corrected chi connectivity index (χ0v) is 9.96. The van der Waals surface area contributed by atoms with E-state index in [1.165, 1.54) is 16.9 Å². The van der Waals surface area contributed by atoms with Crippen LogP contribution in [0.1, 0.15) is 17.5 Å². The predicted octanol–water partition coefficient (Wildman–Crippen LogP) is 2.87. The van der Waals surface area contributed by atoms with E-state index in [0.717, 1.165) is 17.2 Å². The van der Waals surface area contributed by atoms with Gasteiger partial charge in [0.2, 0.25) is 0 Å². The van der Waals surface area contributed by atoms with Gasteiger partial charge in [0.15, 0.2) is 0 Å². The minimum absolute atomic E-state index is 0.480. The standard InChI is InChI=1S/C12H14N2OS/c1-2-9-3-5-10(6-4-9)15-7-12-14-11(13)8-16-12/h3-6,8H,2,7,13H2,1H3. The van der Waals surface area contributed by atoms with Crippen molar-refractivity contribution in [2.45, 2.75) is 20.0 Å². The SMILES string of the molecule is CCc1ccc(OCc2nc(N)cs2)cc1. The maximum absolute atomic E-state index is 5.60. The number of aryl methyl sites for hydroxylation is 1. The van der Waals surface area contributed by atoms with E-state index in [9.17, 15) is 0 Å². The zero-order valence-electron chi connectivity index (χ0n) is 9.14. The fourth-order valence-corrected chi connectivity index (χ4v) is 1.95. The third kappa shape index (κ3) is 2.73. The number of anilines is 1. The Morgan fingerprint density at radius 2 is 2.06 bits per heavy atom. The molecule has 0 saturated heterocycles. The lowest BCUT2D eigenvalue weighted by Crippen LogP contribution is -1.95. The molecule has 0 amide bonds. The number of hydrogen-bond donors (Lipinski definition) is 1. The average Bonchev–Trinajstić information content (AvgIpc) is 2.73. The Labute approximate surface area is 98.9 Å². The van der Waals surface area contributed by atoms with Gasteiger partial charge in [-0.3, -0.25) is 0 Å². The van der Waals surface area contributed by atoms with Crippen LogP contribution in [0.2, 0.25) is 0 Å². The molecule has 0 aliphatic carbocycles. The van der Waals surface area contributed by atoms with Crippen LogP contribution in [0.15, 0.2) is 29.6 Å². The maximum atomic E-state index is 5.60. The normalized spacial score (nSPS) is 10.3. The molecular formula is C12H14N2OS. The highest BCUT2D eigenvalue weighted by Crippen LogP contribution is 2.16. The molecule has 0 unspecified atom stereocenters. The Kier molecular flexibility index (Phi) is 3.41. The van der Waals surface area contributed by atoms with Crippen molar-refractivity contribution in [3.8, 4) is 5.75 Å². The molecule has 1 heterocycles. The second kappa shape index (κ2) is 4.99. The van der Waals surface area contributed by atoms with Gasteiger partial charge in [0, 0.05) is 5.38 Å². The summed E-state index contributed by atoms with van der Waals surface area (Å²) in [5, 5.41) is 2.72. The molecule has 0 aliphatic heterocycles. The first kappa shape index (κ1) is 11.0. The van der Waals surface area contributed by atoms with Crippen molar-refractivity contribution in [1.29, 1.82) is 0 Å². The van der Waals surface area contributed by atoms with Gasteiger partial charge in [-0.05, 0) is 24.1 Å². The predicted molar refractivity (Wildman–Crippen MR) is 66.7 cm³/mol. The minimum Gasteiger partial charge on any atom is -0.486 e. The first-order chi connectivity index (χ1) is 7.78. The van der Waals surface area contributed by atoms with Crippen LogP contribution in [-0.4, -0.2) is 4.98 Å². The van der Waals surface area contributed by atoms with Crippen molar-refractivity contribution in [2.24, 2.45) is 0 Å². The number of nitrogens with zero attached hydrogens (tertiary/aromatic N) is 1. The Hall–Kier alpha value is -1.55. The number of nitrogen functional groups attached to an aromatic ring is 1. The van der Waals surface area contributed by atoms with E-state index >= 15 is 0 Å². The molecule has 2 N–H and O–H groups in total. The topological polar surface area (TPSA) is 48.1 Å². The molecule has 0 aliphatic rings. The Balaban J connectivity index is 1.94. The maximum Gasteiger partial charge on any atom is 0.140 e. The third-order valence-electron chi connectivity index (χ3n) is 2.26. The molecule has 4 heteroatoms. The van der Waals surface area contributed by atoms with Gasteiger partial charge < -0.3 is 10.5 Å². The van der Waals surface area contributed by atoms with E-state index in [2.05, 4.69) is 24.0 Å². The van der Waals surface area contributed by atoms with Gasteiger partial charge in [-0.15, -0.1) is 11.3 Å². The molecule has 3 nitrogen and oxygen atoms in total. The number of thiazole rings is 1. The lowest BCUT2D eigenvalue weighted by Gasteiger charge is -2.04. The van der Waals surface area contributed by atoms with Crippen LogP contribution < -0.4 is 10.5 Å². The number of nitrogens with two attached hydrogens (primary N) is 1. The highest BCUT2D eigenvalue weighted by molar-refractivity contribution is 7.09. The number of aromatic nitrogens is 1. The van der Waals surface area contributed by atoms with Gasteiger partial charge in [0.1, 0.15) is 23.2 Å². The summed E-state index contributed by atoms with van der Waals surface area (Å²) in [6.07, 6.45) is 1.04. The number of ether oxygens (including phenoxy) is 1. The minimum atomic E-state index is 0.480. The summed E-state index contributed by atoms with van der Waals surface area (Å²) < 4.78 is 5.60. The summed E-state index contributed by atoms with van der Waals surface area (Å²) in [6, 6.07) is 8.11. The molecule has 1 aromatic heterocycles. The molecule has 2 rings (SSSR count). The number of rotatable bonds is 4. The van der Waals surface area contributed by atoms with Crippen molar-refractivity contribution < 1.29 is 4.74 Å². The highest BCUT2D eigenvalue weighted by atomic mass is 32.1. The summed E-state index contributed by atoms with van der Waals surface area (Å²) in [7, 11) is 0. The summed E-state index contributed by atoms with van der Waals surface area (Å²) in [4.78, 5) is 4.13. The Morgan fingerprint density at radius 1 is 1.31 bits per heavy atom. The molecule has 0 fully saturated rings. The van der Waals surface area contributed by atoms with Gasteiger partial charge in [-0.2, -0.15) is 0 Å². The third-order valence-corrected chi connectivity index (χ3v) is 3.10. The lowest BCUT2D eigenvalue weighted by molar-refractivity contribution is 0.305. The highest BCUT2D eigenvalue weighted by Gasteiger charge is 2.00. The summed E-state index contributed by atoms with van der Waals surface area (Å²) >= 11 is 1.52. The van der Waals surface area contributed by atoms with Gasteiger partial charge in [0.25, 0.3) is 0 Å². The molecule has 2 aromatic rings. The number of hydrogen-bond acceptors (Lipinski definition) is 4. The van der Waals surface area contributed by atoms with E-state index in [4.69, 9.17) is 10.5 Å². The number of benzene rings is 1. The molecule has 0 atom stereocenters. The van der Waals surface area contributed by atoms with Crippen molar-refractivity contribution in [3.05, 3.63) is 40.2 Å². The monoisotopic (exact) mass is 234 g/mol. The van der Waals surface area contributed by atoms with Crippen LogP contribution in [-0.2, 0) is 13.0 Å². The van der Waals surface area contributed by atoms with E-state index in [0.29, 0.717) is 12.4 Å². The first-order valence-electron chi connectivity index (χ1n) is 5.19. The van der Waals surface area contributed by atoms with Crippen LogP contribution in [0, 0.1) is 0 Å². The van der Waals surface area contributed by atoms with Gasteiger partial charge in [-0.1, -0.05) is 19.1 Å². The summed E-state index contributed by atoms with van der Waals surface area (Å²) in [6.45, 7) is 2.61. The summed E-state index contributed by atoms with van der Waals surface area (Å²) in [5.74, 6) is 1.43.